The van der Waals surface area contributed by atoms with Gasteiger partial charge in [0, 0.05) is 28.8 Å². The molecule has 0 saturated carbocycles. The molecule has 1 rings (SSSR count). The number of aliphatic carboxylic acids is 1. The van der Waals surface area contributed by atoms with Gasteiger partial charge in [-0.25, -0.2) is 0 Å². The standard InChI is InChI=1S/C13H18ClNO2S/c1-10(13(16)17)9-15(2)7-8-18-12-5-3-11(14)4-6-12/h3-6,10H,7-9H2,1-2H3,(H,16,17). The van der Waals surface area contributed by atoms with Crippen LogP contribution in [0.25, 0.3) is 0 Å². The molecule has 0 aromatic heterocycles. The second kappa shape index (κ2) is 7.67. The van der Waals surface area contributed by atoms with Gasteiger partial charge in [-0.3, -0.25) is 4.79 Å². The fourth-order valence-corrected chi connectivity index (χ4v) is 2.58. The summed E-state index contributed by atoms with van der Waals surface area (Å²) < 4.78 is 0. The summed E-state index contributed by atoms with van der Waals surface area (Å²) in [6, 6.07) is 7.74. The number of carbonyl (C=O) groups is 1. The molecular weight excluding hydrogens is 270 g/mol. The molecule has 0 amide bonds. The minimum Gasteiger partial charge on any atom is -0.481 e. The molecule has 0 radical (unpaired) electrons. The van der Waals surface area contributed by atoms with Gasteiger partial charge in [-0.2, -0.15) is 0 Å². The first-order valence-electron chi connectivity index (χ1n) is 5.78. The van der Waals surface area contributed by atoms with E-state index in [4.69, 9.17) is 16.7 Å². The number of hydrogen-bond donors (Lipinski definition) is 1. The van der Waals surface area contributed by atoms with Crippen LogP contribution in [0.15, 0.2) is 29.2 Å². The molecule has 0 bridgehead atoms. The van der Waals surface area contributed by atoms with Crippen LogP contribution >= 0.6 is 23.4 Å². The number of carboxylic acid groups (broad SMARTS) is 1. The number of rotatable bonds is 7. The van der Waals surface area contributed by atoms with Gasteiger partial charge in [-0.05, 0) is 31.3 Å². The van der Waals surface area contributed by atoms with E-state index in [2.05, 4.69) is 0 Å². The van der Waals surface area contributed by atoms with Crippen LogP contribution in [0.3, 0.4) is 0 Å². The monoisotopic (exact) mass is 287 g/mol. The van der Waals surface area contributed by atoms with Crippen LogP contribution in [0, 0.1) is 5.92 Å². The van der Waals surface area contributed by atoms with E-state index in [9.17, 15) is 4.79 Å². The third-order valence-corrected chi connectivity index (χ3v) is 3.81. The Morgan fingerprint density at radius 3 is 2.61 bits per heavy atom. The van der Waals surface area contributed by atoms with Crippen molar-refractivity contribution < 1.29 is 9.90 Å². The van der Waals surface area contributed by atoms with Gasteiger partial charge >= 0.3 is 5.97 Å². The first kappa shape index (κ1) is 15.3. The van der Waals surface area contributed by atoms with Gasteiger partial charge in [0.1, 0.15) is 0 Å². The van der Waals surface area contributed by atoms with E-state index >= 15 is 0 Å². The van der Waals surface area contributed by atoms with Crippen LogP contribution in [0.5, 0.6) is 0 Å². The third-order valence-electron chi connectivity index (χ3n) is 2.56. The molecule has 0 fully saturated rings. The fraction of sp³-hybridized carbons (Fsp3) is 0.462. The van der Waals surface area contributed by atoms with Crippen molar-refractivity contribution in [2.45, 2.75) is 11.8 Å². The number of carboxylic acids is 1. The van der Waals surface area contributed by atoms with Crippen molar-refractivity contribution in [1.29, 1.82) is 0 Å². The predicted octanol–water partition coefficient (Wildman–Crippen LogP) is 3.08. The van der Waals surface area contributed by atoms with Crippen molar-refractivity contribution in [1.82, 2.24) is 4.90 Å². The molecule has 0 aliphatic rings. The normalized spacial score (nSPS) is 12.7. The summed E-state index contributed by atoms with van der Waals surface area (Å²) in [5.41, 5.74) is 0. The van der Waals surface area contributed by atoms with E-state index in [1.54, 1.807) is 18.7 Å². The van der Waals surface area contributed by atoms with E-state index in [1.165, 1.54) is 4.90 Å². The molecular formula is C13H18ClNO2S. The van der Waals surface area contributed by atoms with Crippen molar-refractivity contribution in [3.63, 3.8) is 0 Å². The van der Waals surface area contributed by atoms with Crippen LogP contribution in [0.4, 0.5) is 0 Å². The molecule has 1 N–H and O–H groups in total. The molecule has 0 saturated heterocycles. The molecule has 0 spiro atoms. The van der Waals surface area contributed by atoms with Gasteiger partial charge < -0.3 is 10.0 Å². The molecule has 0 aliphatic carbocycles. The Balaban J connectivity index is 2.25. The molecule has 3 nitrogen and oxygen atoms in total. The quantitative estimate of drug-likeness (QED) is 0.783. The maximum atomic E-state index is 10.7. The average molecular weight is 288 g/mol. The molecule has 1 atom stereocenters. The largest absolute Gasteiger partial charge is 0.481 e. The lowest BCUT2D eigenvalue weighted by Crippen LogP contribution is -2.30. The van der Waals surface area contributed by atoms with E-state index in [1.807, 2.05) is 36.2 Å². The zero-order chi connectivity index (χ0) is 13.5. The Bertz CT molecular complexity index is 383. The summed E-state index contributed by atoms with van der Waals surface area (Å²) in [4.78, 5) is 13.9. The van der Waals surface area contributed by atoms with E-state index < -0.39 is 5.97 Å². The zero-order valence-electron chi connectivity index (χ0n) is 10.6. The lowest BCUT2D eigenvalue weighted by molar-refractivity contribution is -0.141. The Hall–Kier alpha value is -0.710. The van der Waals surface area contributed by atoms with Gasteiger partial charge in [-0.15, -0.1) is 11.8 Å². The Morgan fingerprint density at radius 2 is 2.06 bits per heavy atom. The maximum absolute atomic E-state index is 10.7. The lowest BCUT2D eigenvalue weighted by atomic mass is 10.2. The van der Waals surface area contributed by atoms with Crippen molar-refractivity contribution in [3.8, 4) is 0 Å². The summed E-state index contributed by atoms with van der Waals surface area (Å²) in [5.74, 6) is -0.132. The van der Waals surface area contributed by atoms with E-state index in [0.717, 1.165) is 17.3 Å². The number of hydrogen-bond acceptors (Lipinski definition) is 3. The van der Waals surface area contributed by atoms with Crippen molar-refractivity contribution in [2.75, 3.05) is 25.9 Å². The molecule has 5 heteroatoms. The smallest absolute Gasteiger partial charge is 0.307 e. The van der Waals surface area contributed by atoms with Crippen molar-refractivity contribution in [3.05, 3.63) is 29.3 Å². The summed E-state index contributed by atoms with van der Waals surface area (Å²) in [7, 11) is 1.95. The SMILES string of the molecule is CC(CN(C)CCSc1ccc(Cl)cc1)C(=O)O. The van der Waals surface area contributed by atoms with Crippen LogP contribution in [-0.4, -0.2) is 41.9 Å². The van der Waals surface area contributed by atoms with Crippen molar-refractivity contribution in [2.24, 2.45) is 5.92 Å². The number of thioether (sulfide) groups is 1. The average Bonchev–Trinajstić information content (AvgIpc) is 2.31. The van der Waals surface area contributed by atoms with Crippen LogP contribution in [0.2, 0.25) is 5.02 Å². The highest BCUT2D eigenvalue weighted by molar-refractivity contribution is 7.99. The molecule has 0 aliphatic heterocycles. The van der Waals surface area contributed by atoms with Gasteiger partial charge in [0.05, 0.1) is 5.92 Å². The van der Waals surface area contributed by atoms with Gasteiger partial charge in [-0.1, -0.05) is 18.5 Å². The van der Waals surface area contributed by atoms with Crippen molar-refractivity contribution >= 4 is 29.3 Å². The molecule has 100 valence electrons. The summed E-state index contributed by atoms with van der Waals surface area (Å²) in [6.45, 7) is 3.17. The molecule has 18 heavy (non-hydrogen) atoms. The Morgan fingerprint density at radius 1 is 1.44 bits per heavy atom. The van der Waals surface area contributed by atoms with Crippen LogP contribution in [-0.2, 0) is 4.79 Å². The first-order chi connectivity index (χ1) is 8.49. The Labute approximate surface area is 117 Å². The maximum Gasteiger partial charge on any atom is 0.307 e. The molecule has 1 aromatic rings. The fourth-order valence-electron chi connectivity index (χ4n) is 1.49. The molecule has 1 aromatic carbocycles. The summed E-state index contributed by atoms with van der Waals surface area (Å²) >= 11 is 7.56. The van der Waals surface area contributed by atoms with Gasteiger partial charge in [0.15, 0.2) is 0 Å². The topological polar surface area (TPSA) is 40.5 Å². The highest BCUT2D eigenvalue weighted by atomic mass is 35.5. The number of nitrogens with zero attached hydrogens (tertiary/aromatic N) is 1. The lowest BCUT2D eigenvalue weighted by Gasteiger charge is -2.18. The van der Waals surface area contributed by atoms with Gasteiger partial charge in [0.2, 0.25) is 0 Å². The van der Waals surface area contributed by atoms with Crippen LogP contribution < -0.4 is 0 Å². The number of halogens is 1. The molecule has 0 heterocycles. The second-order valence-electron chi connectivity index (χ2n) is 4.30. The molecule has 1 unspecified atom stereocenters. The zero-order valence-corrected chi connectivity index (χ0v) is 12.2. The van der Waals surface area contributed by atoms with Crippen LogP contribution in [0.1, 0.15) is 6.92 Å². The van der Waals surface area contributed by atoms with E-state index in [-0.39, 0.29) is 5.92 Å². The second-order valence-corrected chi connectivity index (χ2v) is 5.91. The third kappa shape index (κ3) is 5.76. The predicted molar refractivity (Wildman–Crippen MR) is 76.5 cm³/mol. The first-order valence-corrected chi connectivity index (χ1v) is 7.15. The summed E-state index contributed by atoms with van der Waals surface area (Å²) in [6.07, 6.45) is 0. The van der Waals surface area contributed by atoms with Gasteiger partial charge in [0.25, 0.3) is 0 Å². The minimum atomic E-state index is -0.743. The Kier molecular flexibility index (Phi) is 6.54. The highest BCUT2D eigenvalue weighted by Crippen LogP contribution is 2.20. The van der Waals surface area contributed by atoms with E-state index in [0.29, 0.717) is 6.54 Å². The number of benzene rings is 1. The summed E-state index contributed by atoms with van der Waals surface area (Å²) in [5, 5.41) is 9.56. The minimum absolute atomic E-state index is 0.324. The highest BCUT2D eigenvalue weighted by Gasteiger charge is 2.13.